The molecule has 1 amide bonds. The molecule has 2 atom stereocenters. The van der Waals surface area contributed by atoms with Gasteiger partial charge in [-0.2, -0.15) is 0 Å². The molecule has 0 fully saturated rings. The van der Waals surface area contributed by atoms with Crippen LogP contribution in [0.1, 0.15) is 290 Å². The number of carbonyl (C=O) groups is 1. The Labute approximate surface area is 406 Å². The van der Waals surface area contributed by atoms with Crippen LogP contribution in [-0.2, 0) is 4.79 Å². The van der Waals surface area contributed by atoms with Gasteiger partial charge >= 0.3 is 0 Å². The largest absolute Gasteiger partial charge is 0.394 e. The average molecular weight is 907 g/mol. The fraction of sp³-hybridized carbons (Fsp3) is 0.787. The highest BCUT2D eigenvalue weighted by atomic mass is 16.3. The Morgan fingerprint density at radius 1 is 0.369 bits per heavy atom. The van der Waals surface area contributed by atoms with Crippen molar-refractivity contribution in [3.8, 4) is 0 Å². The van der Waals surface area contributed by atoms with Gasteiger partial charge in [-0.3, -0.25) is 4.79 Å². The highest BCUT2D eigenvalue weighted by Gasteiger charge is 2.18. The van der Waals surface area contributed by atoms with Crippen molar-refractivity contribution in [3.63, 3.8) is 0 Å². The molecule has 0 aromatic carbocycles. The van der Waals surface area contributed by atoms with Gasteiger partial charge in [0.25, 0.3) is 0 Å². The first-order chi connectivity index (χ1) is 32.2. The van der Waals surface area contributed by atoms with E-state index in [1.54, 1.807) is 6.08 Å². The predicted octanol–water partition coefficient (Wildman–Crippen LogP) is 19.0. The van der Waals surface area contributed by atoms with Crippen LogP contribution < -0.4 is 5.32 Å². The molecule has 0 aromatic rings. The topological polar surface area (TPSA) is 69.6 Å². The van der Waals surface area contributed by atoms with Gasteiger partial charge in [0.2, 0.25) is 5.91 Å². The lowest BCUT2D eigenvalue weighted by molar-refractivity contribution is -0.123. The van der Waals surface area contributed by atoms with E-state index in [1.807, 2.05) is 6.08 Å². The fourth-order valence-electron chi connectivity index (χ4n) is 8.51. The molecule has 3 N–H and O–H groups in total. The molecular formula is C61H111NO3. The average Bonchev–Trinajstić information content (AvgIpc) is 3.31. The minimum atomic E-state index is -0.871. The Kier molecular flexibility index (Phi) is 54.3. The Morgan fingerprint density at radius 2 is 0.646 bits per heavy atom. The molecule has 0 aliphatic carbocycles. The lowest BCUT2D eigenvalue weighted by Gasteiger charge is -2.19. The molecule has 0 aromatic heterocycles. The lowest BCUT2D eigenvalue weighted by atomic mass is 10.0. The van der Waals surface area contributed by atoms with Gasteiger partial charge in [0, 0.05) is 6.42 Å². The van der Waals surface area contributed by atoms with Crippen molar-refractivity contribution >= 4 is 5.91 Å². The maximum atomic E-state index is 12.5. The van der Waals surface area contributed by atoms with Crippen molar-refractivity contribution in [3.05, 3.63) is 72.9 Å². The number of amides is 1. The third-order valence-corrected chi connectivity index (χ3v) is 12.9. The van der Waals surface area contributed by atoms with E-state index >= 15 is 0 Å². The number of nitrogens with one attached hydrogen (secondary N) is 1. The minimum absolute atomic E-state index is 0.0760. The maximum Gasteiger partial charge on any atom is 0.220 e. The number of rotatable bonds is 52. The van der Waals surface area contributed by atoms with Crippen molar-refractivity contribution < 1.29 is 15.0 Å². The number of allylic oxidation sites excluding steroid dienone is 11. The van der Waals surface area contributed by atoms with Gasteiger partial charge in [0.1, 0.15) is 0 Å². The summed E-state index contributed by atoms with van der Waals surface area (Å²) in [5, 5.41) is 23.1. The Balaban J connectivity index is 3.47. The second-order valence-electron chi connectivity index (χ2n) is 19.3. The smallest absolute Gasteiger partial charge is 0.220 e. The molecule has 65 heavy (non-hydrogen) atoms. The molecule has 0 bridgehead atoms. The van der Waals surface area contributed by atoms with Crippen molar-refractivity contribution in [2.24, 2.45) is 0 Å². The summed E-state index contributed by atoms with van der Waals surface area (Å²) in [6.45, 7) is 4.28. The van der Waals surface area contributed by atoms with Gasteiger partial charge in [-0.25, -0.2) is 0 Å². The summed E-state index contributed by atoms with van der Waals surface area (Å²) in [6, 6.07) is -0.646. The molecule has 0 radical (unpaired) electrons. The van der Waals surface area contributed by atoms with E-state index in [2.05, 4.69) is 79.9 Å². The van der Waals surface area contributed by atoms with Gasteiger partial charge < -0.3 is 15.5 Å². The van der Waals surface area contributed by atoms with Gasteiger partial charge in [0.15, 0.2) is 0 Å². The molecule has 0 saturated carbocycles. The van der Waals surface area contributed by atoms with E-state index in [1.165, 1.54) is 218 Å². The summed E-state index contributed by atoms with van der Waals surface area (Å²) in [7, 11) is 0. The zero-order valence-electron chi connectivity index (χ0n) is 43.5. The summed E-state index contributed by atoms with van der Waals surface area (Å²) >= 11 is 0. The van der Waals surface area contributed by atoms with Crippen LogP contribution in [0.25, 0.3) is 0 Å². The van der Waals surface area contributed by atoms with E-state index in [9.17, 15) is 15.0 Å². The molecule has 4 heteroatoms. The zero-order valence-corrected chi connectivity index (χ0v) is 43.5. The third-order valence-electron chi connectivity index (χ3n) is 12.9. The second-order valence-corrected chi connectivity index (χ2v) is 19.3. The standard InChI is InChI=1S/C61H111NO3/c1-3-5-7-9-11-13-15-17-19-21-22-23-24-25-26-27-28-29-30-31-32-33-34-35-36-37-38-39-40-41-43-45-47-49-51-53-55-57-61(65)62-59(58-63)60(64)56-54-52-50-48-46-44-42-20-18-16-14-12-10-8-6-4-2/h15,17-18,20-22,24-25,46,48,54,56,59-60,63-64H,3-14,16,19,23,26-45,47,49-53,55,57-58H2,1-2H3,(H,62,65)/b17-15-,20-18+,22-21-,25-24-,48-46+,56-54+. The summed E-state index contributed by atoms with van der Waals surface area (Å²) < 4.78 is 0. The van der Waals surface area contributed by atoms with Crippen LogP contribution in [0.5, 0.6) is 0 Å². The molecule has 0 aliphatic rings. The Hall–Kier alpha value is -2.17. The number of aliphatic hydroxyl groups is 2. The molecule has 0 heterocycles. The number of hydrogen-bond acceptors (Lipinski definition) is 3. The molecule has 0 saturated heterocycles. The normalized spacial score (nSPS) is 13.4. The van der Waals surface area contributed by atoms with E-state index < -0.39 is 12.1 Å². The quantitative estimate of drug-likeness (QED) is 0.0421. The van der Waals surface area contributed by atoms with E-state index in [4.69, 9.17) is 0 Å². The number of hydrogen-bond donors (Lipinski definition) is 3. The van der Waals surface area contributed by atoms with E-state index in [-0.39, 0.29) is 12.5 Å². The summed E-state index contributed by atoms with van der Waals surface area (Å²) in [4.78, 5) is 12.5. The van der Waals surface area contributed by atoms with Crippen LogP contribution in [0, 0.1) is 0 Å². The maximum absolute atomic E-state index is 12.5. The highest BCUT2D eigenvalue weighted by Crippen LogP contribution is 2.16. The second kappa shape index (κ2) is 56.2. The molecule has 4 nitrogen and oxygen atoms in total. The first kappa shape index (κ1) is 62.8. The minimum Gasteiger partial charge on any atom is -0.394 e. The van der Waals surface area contributed by atoms with Crippen molar-refractivity contribution in [2.45, 2.75) is 302 Å². The Morgan fingerprint density at radius 3 is 1.00 bits per heavy atom. The lowest BCUT2D eigenvalue weighted by Crippen LogP contribution is -2.45. The number of unbranched alkanes of at least 4 members (excludes halogenated alkanes) is 35. The summed E-state index contributed by atoms with van der Waals surface area (Å²) in [6.07, 6.45) is 80.7. The van der Waals surface area contributed by atoms with E-state index in [0.717, 1.165) is 51.4 Å². The molecular weight excluding hydrogens is 795 g/mol. The molecule has 0 rings (SSSR count). The van der Waals surface area contributed by atoms with Gasteiger partial charge in [0.05, 0.1) is 18.8 Å². The highest BCUT2D eigenvalue weighted by molar-refractivity contribution is 5.76. The molecule has 0 aliphatic heterocycles. The monoisotopic (exact) mass is 906 g/mol. The van der Waals surface area contributed by atoms with Crippen LogP contribution in [0.2, 0.25) is 0 Å². The third kappa shape index (κ3) is 52.7. The SMILES string of the molecule is CCCCCCC/C=C\C/C=C\C/C=C\CCCCCCCCCCCCCCCCCCCCCCCCC(=O)NC(CO)C(O)/C=C/CC/C=C/CC/C=C/CCCCCCCC. The van der Waals surface area contributed by atoms with Gasteiger partial charge in [-0.05, 0) is 83.5 Å². The van der Waals surface area contributed by atoms with Crippen LogP contribution in [0.4, 0.5) is 0 Å². The van der Waals surface area contributed by atoms with Crippen molar-refractivity contribution in [2.75, 3.05) is 6.61 Å². The first-order valence-corrected chi connectivity index (χ1v) is 28.7. The first-order valence-electron chi connectivity index (χ1n) is 28.7. The van der Waals surface area contributed by atoms with Gasteiger partial charge in [-0.15, -0.1) is 0 Å². The summed E-state index contributed by atoms with van der Waals surface area (Å²) in [5.41, 5.74) is 0. The van der Waals surface area contributed by atoms with E-state index in [0.29, 0.717) is 6.42 Å². The number of aliphatic hydroxyl groups excluding tert-OH is 2. The van der Waals surface area contributed by atoms with Crippen molar-refractivity contribution in [1.82, 2.24) is 5.32 Å². The zero-order chi connectivity index (χ0) is 47.0. The van der Waals surface area contributed by atoms with Gasteiger partial charge in [-0.1, -0.05) is 273 Å². The molecule has 2 unspecified atom stereocenters. The number of carbonyl (C=O) groups excluding carboxylic acids is 1. The predicted molar refractivity (Wildman–Crippen MR) is 290 cm³/mol. The fourth-order valence-corrected chi connectivity index (χ4v) is 8.51. The molecule has 0 spiro atoms. The van der Waals surface area contributed by atoms with Crippen LogP contribution in [0.3, 0.4) is 0 Å². The van der Waals surface area contributed by atoms with Crippen molar-refractivity contribution in [1.29, 1.82) is 0 Å². The molecule has 378 valence electrons. The van der Waals surface area contributed by atoms with Crippen LogP contribution >= 0.6 is 0 Å². The van der Waals surface area contributed by atoms with Crippen LogP contribution in [0.15, 0.2) is 72.9 Å². The summed E-state index contributed by atoms with van der Waals surface area (Å²) in [5.74, 6) is -0.0760. The van der Waals surface area contributed by atoms with Crippen LogP contribution in [-0.4, -0.2) is 34.9 Å². The Bertz CT molecular complexity index is 1120.